The zero-order chi connectivity index (χ0) is 46.1. The Hall–Kier alpha value is -4.71. The number of benzene rings is 4. The Kier molecular flexibility index (Phi) is 20.2. The molecule has 0 aromatic heterocycles. The van der Waals surface area contributed by atoms with Crippen LogP contribution < -0.4 is 59.5 Å². The molecule has 0 amide bonds. The second kappa shape index (κ2) is 25.0. The summed E-state index contributed by atoms with van der Waals surface area (Å²) in [5, 5.41) is 11.6. The molecule has 4 aromatic carbocycles. The highest BCUT2D eigenvalue weighted by atomic mass is 32.2. The Labute approximate surface area is 379 Å². The molecule has 17 heteroatoms. The monoisotopic (exact) mass is 922 g/mol. The van der Waals surface area contributed by atoms with Gasteiger partial charge in [-0.25, -0.2) is 0 Å². The van der Waals surface area contributed by atoms with Crippen molar-refractivity contribution in [3.05, 3.63) is 116 Å². The van der Waals surface area contributed by atoms with E-state index in [-0.39, 0.29) is 0 Å². The first-order chi connectivity index (χ1) is 30.1. The molecular weight excluding hydrogens is 864 g/mol. The van der Waals surface area contributed by atoms with Crippen molar-refractivity contribution < 1.29 is 58.3 Å². The summed E-state index contributed by atoms with van der Waals surface area (Å²) < 4.78 is 41.2. The van der Waals surface area contributed by atoms with Gasteiger partial charge in [-0.3, -0.25) is 21.3 Å². The molecule has 2 heterocycles. The molecule has 0 saturated carbocycles. The van der Waals surface area contributed by atoms with Crippen LogP contribution in [0.15, 0.2) is 82.6 Å². The third kappa shape index (κ3) is 16.4. The maximum Gasteiger partial charge on any atom is 0.203 e. The number of methoxy groups -OCH3 is 6. The number of nitrogens with one attached hydrogen (secondary N) is 2. The smallest absolute Gasteiger partial charge is 0.203 e. The summed E-state index contributed by atoms with van der Waals surface area (Å²) in [6, 6.07) is 20.8. The van der Waals surface area contributed by atoms with Gasteiger partial charge < -0.3 is 47.7 Å². The number of ether oxygens (including phenoxy) is 6. The molecule has 7 N–H and O–H groups in total. The minimum Gasteiger partial charge on any atom is -0.790 e. The van der Waals surface area contributed by atoms with Crippen LogP contribution in [-0.2, 0) is 4.57 Å². The minimum atomic E-state index is -5.14. The number of nitrogens with two attached hydrogens (primary N) is 2. The lowest BCUT2D eigenvalue weighted by atomic mass is 10.1. The van der Waals surface area contributed by atoms with Gasteiger partial charge in [0.2, 0.25) is 11.5 Å². The molecule has 0 saturated heterocycles. The van der Waals surface area contributed by atoms with Crippen molar-refractivity contribution in [2.45, 2.75) is 38.7 Å². The normalized spacial score (nSPS) is 16.2. The summed E-state index contributed by atoms with van der Waals surface area (Å²) in [5.41, 5.74) is 9.88. The van der Waals surface area contributed by atoms with E-state index in [1.807, 2.05) is 47.8 Å². The SMILES string of the molecule is COc1cc(/C=C/c2ccc(C)c([NH2+]C3NCC=C(C)S3)c2)cc(OC)c1OC.COc1cc(/C=C/c2ccc(C)c([NH2+]C3NCC=C(C)S3)c2)cc(OC)c1OC.O=P([O-])([O-])O. The molecule has 14 nitrogen and oxygen atoms in total. The first-order valence-corrected chi connectivity index (χ1v) is 23.1. The Morgan fingerprint density at radius 1 is 0.571 bits per heavy atom. The number of hydrogen-bond donors (Lipinski definition) is 5. The standard InChI is InChI=1S/2C23H28N2O3S.H3O4P/c2*1-15-6-7-17(12-19(15)25-23-24-11-10-16(2)29-23)8-9-18-13-20(26-3)22(28-5)21(14-18)27-4;1-5(2,3)4/h2*6-10,12-14,23-25H,11H2,1-5H3;(H3,1,2,3,4)/b2*9-8+;. The van der Waals surface area contributed by atoms with E-state index < -0.39 is 7.82 Å². The molecule has 0 aliphatic carbocycles. The van der Waals surface area contributed by atoms with E-state index in [1.165, 1.54) is 32.3 Å². The number of hydrogen-bond acceptors (Lipinski definition) is 13. The van der Waals surface area contributed by atoms with Gasteiger partial charge in [0, 0.05) is 36.3 Å². The Morgan fingerprint density at radius 3 is 1.17 bits per heavy atom. The van der Waals surface area contributed by atoms with Gasteiger partial charge in [0.1, 0.15) is 11.4 Å². The van der Waals surface area contributed by atoms with Crippen molar-refractivity contribution in [1.29, 1.82) is 0 Å². The highest BCUT2D eigenvalue weighted by Gasteiger charge is 2.20. The Balaban J connectivity index is 0.000000250. The summed E-state index contributed by atoms with van der Waals surface area (Å²) >= 11 is 3.71. The van der Waals surface area contributed by atoms with E-state index in [0.717, 1.165) is 35.3 Å². The lowest BCUT2D eigenvalue weighted by Gasteiger charge is -2.20. The van der Waals surface area contributed by atoms with Gasteiger partial charge in [-0.15, -0.1) is 0 Å². The van der Waals surface area contributed by atoms with Gasteiger partial charge in [0.25, 0.3) is 0 Å². The first-order valence-electron chi connectivity index (χ1n) is 19.8. The zero-order valence-electron chi connectivity index (χ0n) is 37.3. The van der Waals surface area contributed by atoms with Crippen molar-refractivity contribution in [3.8, 4) is 34.5 Å². The molecular formula is C46H59N4O10PS2. The van der Waals surface area contributed by atoms with Crippen LogP contribution in [0.5, 0.6) is 34.5 Å². The van der Waals surface area contributed by atoms with Crippen LogP contribution in [-0.4, -0.2) is 71.6 Å². The van der Waals surface area contributed by atoms with Gasteiger partial charge in [0.15, 0.2) is 34.0 Å². The fourth-order valence-electron chi connectivity index (χ4n) is 6.39. The molecule has 2 aliphatic heterocycles. The number of quaternary nitrogens is 2. The number of allylic oxidation sites excluding steroid dienone is 2. The van der Waals surface area contributed by atoms with Crippen LogP contribution in [0.3, 0.4) is 0 Å². The summed E-state index contributed by atoms with van der Waals surface area (Å²) in [5.74, 6) is 3.78. The summed E-state index contributed by atoms with van der Waals surface area (Å²) in [6.07, 6.45) is 12.8. The molecule has 63 heavy (non-hydrogen) atoms. The predicted octanol–water partition coefficient (Wildman–Crippen LogP) is 5.63. The predicted molar refractivity (Wildman–Crippen MR) is 252 cm³/mol. The number of thioether (sulfide) groups is 2. The lowest BCUT2D eigenvalue weighted by Crippen LogP contribution is -2.87. The molecule has 6 rings (SSSR count). The molecule has 0 fully saturated rings. The highest BCUT2D eigenvalue weighted by molar-refractivity contribution is 8.03. The van der Waals surface area contributed by atoms with Crippen LogP contribution in [0.4, 0.5) is 11.4 Å². The maximum atomic E-state index is 8.66. The number of aryl methyl sites for hydroxylation is 2. The lowest BCUT2D eigenvalue weighted by molar-refractivity contribution is -0.592. The van der Waals surface area contributed by atoms with E-state index in [9.17, 15) is 0 Å². The summed E-state index contributed by atoms with van der Waals surface area (Å²) in [4.78, 5) is 27.0. The fourth-order valence-corrected chi connectivity index (χ4v) is 8.34. The van der Waals surface area contributed by atoms with Crippen LogP contribution >= 0.6 is 31.3 Å². The number of rotatable bonds is 14. The van der Waals surface area contributed by atoms with Crippen molar-refractivity contribution in [2.75, 3.05) is 55.7 Å². The summed E-state index contributed by atoms with van der Waals surface area (Å²) in [7, 11) is 4.58. The number of phosphoric acid groups is 1. The minimum absolute atomic E-state index is 0.299. The van der Waals surface area contributed by atoms with Gasteiger partial charge >= 0.3 is 0 Å². The van der Waals surface area contributed by atoms with E-state index in [4.69, 9.17) is 47.7 Å². The Bertz CT molecular complexity index is 2120. The Morgan fingerprint density at radius 2 is 0.889 bits per heavy atom. The third-order valence-electron chi connectivity index (χ3n) is 9.62. The van der Waals surface area contributed by atoms with Crippen molar-refractivity contribution in [2.24, 2.45) is 0 Å². The van der Waals surface area contributed by atoms with Crippen LogP contribution in [0.2, 0.25) is 0 Å². The van der Waals surface area contributed by atoms with Gasteiger partial charge in [-0.05, 0) is 84.0 Å². The maximum absolute atomic E-state index is 8.66. The average molecular weight is 923 g/mol. The van der Waals surface area contributed by atoms with Crippen molar-refractivity contribution in [1.82, 2.24) is 10.6 Å². The molecule has 2 atom stereocenters. The van der Waals surface area contributed by atoms with E-state index >= 15 is 0 Å². The average Bonchev–Trinajstić information content (AvgIpc) is 3.25. The van der Waals surface area contributed by atoms with E-state index in [1.54, 1.807) is 42.7 Å². The molecule has 4 aromatic rings. The van der Waals surface area contributed by atoms with Gasteiger partial charge in [-0.1, -0.05) is 84.2 Å². The second-order valence-corrected chi connectivity index (χ2v) is 17.9. The molecule has 0 bridgehead atoms. The van der Waals surface area contributed by atoms with Gasteiger partial charge in [-0.2, -0.15) is 0 Å². The van der Waals surface area contributed by atoms with E-state index in [0.29, 0.717) is 45.5 Å². The van der Waals surface area contributed by atoms with Gasteiger partial charge in [0.05, 0.1) is 50.5 Å². The summed E-state index contributed by atoms with van der Waals surface area (Å²) in [6.45, 7) is 10.5. The molecule has 2 aliphatic rings. The fraction of sp³-hybridized carbons (Fsp3) is 0.304. The van der Waals surface area contributed by atoms with Crippen LogP contribution in [0.1, 0.15) is 47.2 Å². The second-order valence-electron chi connectivity index (χ2n) is 14.1. The topological polar surface area (TPSA) is 196 Å². The largest absolute Gasteiger partial charge is 0.790 e. The quantitative estimate of drug-likeness (QED) is 0.0594. The highest BCUT2D eigenvalue weighted by Crippen LogP contribution is 2.40. The molecule has 0 spiro atoms. The first kappa shape index (κ1) is 50.9. The van der Waals surface area contributed by atoms with Crippen LogP contribution in [0, 0.1) is 13.8 Å². The van der Waals surface area contributed by atoms with Crippen LogP contribution in [0.25, 0.3) is 24.3 Å². The molecule has 0 radical (unpaired) electrons. The zero-order valence-corrected chi connectivity index (χ0v) is 39.9. The molecule has 2 unspecified atom stereocenters. The molecule has 340 valence electrons. The third-order valence-corrected chi connectivity index (χ3v) is 11.8. The van der Waals surface area contributed by atoms with Crippen molar-refractivity contribution >= 4 is 67.0 Å². The van der Waals surface area contributed by atoms with E-state index in [2.05, 4.69) is 122 Å². The van der Waals surface area contributed by atoms with Crippen molar-refractivity contribution in [3.63, 3.8) is 0 Å².